The van der Waals surface area contributed by atoms with E-state index in [-0.39, 0.29) is 0 Å². The molecule has 106 valence electrons. The third-order valence-corrected chi connectivity index (χ3v) is 3.02. The van der Waals surface area contributed by atoms with Crippen LogP contribution in [0.2, 0.25) is 0 Å². The minimum Gasteiger partial charge on any atom is -0.463 e. The van der Waals surface area contributed by atoms with E-state index in [4.69, 9.17) is 4.74 Å². The van der Waals surface area contributed by atoms with Gasteiger partial charge < -0.3 is 10.1 Å². The van der Waals surface area contributed by atoms with Crippen molar-refractivity contribution >= 4 is 0 Å². The fourth-order valence-corrected chi connectivity index (χ4v) is 1.89. The molecule has 0 aliphatic heterocycles. The van der Waals surface area contributed by atoms with Crippen molar-refractivity contribution in [3.8, 4) is 6.01 Å². The minimum atomic E-state index is 0.456. The van der Waals surface area contributed by atoms with E-state index >= 15 is 0 Å². The topological polar surface area (TPSA) is 59.9 Å². The molecule has 0 bridgehead atoms. The van der Waals surface area contributed by atoms with Gasteiger partial charge in [-0.3, -0.25) is 4.98 Å². The third-order valence-electron chi connectivity index (χ3n) is 3.02. The maximum absolute atomic E-state index is 5.58. The Bertz CT molecular complexity index is 531. The molecule has 5 heteroatoms. The van der Waals surface area contributed by atoms with Crippen LogP contribution in [0.15, 0.2) is 30.7 Å². The molecule has 0 aliphatic carbocycles. The van der Waals surface area contributed by atoms with E-state index in [1.807, 2.05) is 44.7 Å². The average Bonchev–Trinajstić information content (AvgIpc) is 2.48. The second-order valence-electron chi connectivity index (χ2n) is 4.60. The number of nitrogens with zero attached hydrogens (tertiary/aromatic N) is 3. The van der Waals surface area contributed by atoms with Gasteiger partial charge in [0, 0.05) is 36.4 Å². The van der Waals surface area contributed by atoms with Gasteiger partial charge in [0.15, 0.2) is 0 Å². The molecule has 0 aliphatic rings. The average molecular weight is 272 g/mol. The summed E-state index contributed by atoms with van der Waals surface area (Å²) in [5, 5.41) is 3.09. The molecule has 0 aromatic carbocycles. The molecular weight excluding hydrogens is 252 g/mol. The number of hydrogen-bond donors (Lipinski definition) is 1. The quantitative estimate of drug-likeness (QED) is 0.780. The molecule has 2 heterocycles. The fourth-order valence-electron chi connectivity index (χ4n) is 1.89. The van der Waals surface area contributed by atoms with E-state index in [1.165, 1.54) is 5.56 Å². The van der Waals surface area contributed by atoms with Crippen LogP contribution >= 0.6 is 0 Å². The zero-order valence-electron chi connectivity index (χ0n) is 12.0. The Hall–Kier alpha value is -2.01. The van der Waals surface area contributed by atoms with Crippen LogP contribution in [0.4, 0.5) is 0 Å². The lowest BCUT2D eigenvalue weighted by Crippen LogP contribution is -2.10. The van der Waals surface area contributed by atoms with Crippen molar-refractivity contribution < 1.29 is 4.74 Å². The monoisotopic (exact) mass is 272 g/mol. The molecule has 1 N–H and O–H groups in total. The second kappa shape index (κ2) is 7.55. The molecule has 0 amide bonds. The molecule has 2 rings (SSSR count). The molecule has 0 saturated heterocycles. The van der Waals surface area contributed by atoms with Crippen LogP contribution in [0.3, 0.4) is 0 Å². The van der Waals surface area contributed by atoms with Gasteiger partial charge in [0.2, 0.25) is 0 Å². The molecular formula is C15H20N4O. The van der Waals surface area contributed by atoms with E-state index in [9.17, 15) is 0 Å². The first-order valence-corrected chi connectivity index (χ1v) is 6.78. The Morgan fingerprint density at radius 1 is 1.25 bits per heavy atom. The standard InChI is InChI=1S/C15H20N4O/c1-12-14(10-16-2)11-18-15(19-12)20-9-3-4-13-5-7-17-8-6-13/h5-8,11,16H,3-4,9-10H2,1-2H3. The van der Waals surface area contributed by atoms with Gasteiger partial charge >= 0.3 is 6.01 Å². The molecule has 0 unspecified atom stereocenters. The van der Waals surface area contributed by atoms with Crippen molar-refractivity contribution in [1.82, 2.24) is 20.3 Å². The van der Waals surface area contributed by atoms with E-state index in [2.05, 4.69) is 20.3 Å². The summed E-state index contributed by atoms with van der Waals surface area (Å²) in [5.74, 6) is 0. The van der Waals surface area contributed by atoms with Crippen LogP contribution in [0.25, 0.3) is 0 Å². The van der Waals surface area contributed by atoms with Crippen molar-refractivity contribution in [2.45, 2.75) is 26.3 Å². The number of pyridine rings is 1. The minimum absolute atomic E-state index is 0.456. The lowest BCUT2D eigenvalue weighted by atomic mass is 10.1. The second-order valence-corrected chi connectivity index (χ2v) is 4.60. The zero-order chi connectivity index (χ0) is 14.2. The van der Waals surface area contributed by atoms with Crippen LogP contribution in [0.1, 0.15) is 23.2 Å². The summed E-state index contributed by atoms with van der Waals surface area (Å²) in [6.45, 7) is 3.36. The fraction of sp³-hybridized carbons (Fsp3) is 0.400. The molecule has 0 atom stereocenters. The van der Waals surface area contributed by atoms with Gasteiger partial charge in [0.25, 0.3) is 0 Å². The maximum Gasteiger partial charge on any atom is 0.316 e. The van der Waals surface area contributed by atoms with Crippen molar-refractivity contribution in [3.63, 3.8) is 0 Å². The number of aromatic nitrogens is 3. The first kappa shape index (κ1) is 14.4. The van der Waals surface area contributed by atoms with Gasteiger partial charge in [-0.15, -0.1) is 0 Å². The van der Waals surface area contributed by atoms with Crippen molar-refractivity contribution in [3.05, 3.63) is 47.5 Å². The van der Waals surface area contributed by atoms with E-state index in [0.717, 1.165) is 30.6 Å². The highest BCUT2D eigenvalue weighted by atomic mass is 16.5. The van der Waals surface area contributed by atoms with Crippen LogP contribution in [0, 0.1) is 6.92 Å². The zero-order valence-corrected chi connectivity index (χ0v) is 12.0. The molecule has 0 saturated carbocycles. The summed E-state index contributed by atoms with van der Waals surface area (Å²) >= 11 is 0. The van der Waals surface area contributed by atoms with Gasteiger partial charge in [0.1, 0.15) is 0 Å². The van der Waals surface area contributed by atoms with Crippen LogP contribution in [-0.4, -0.2) is 28.6 Å². The smallest absolute Gasteiger partial charge is 0.316 e. The summed E-state index contributed by atoms with van der Waals surface area (Å²) in [7, 11) is 1.91. The predicted octanol–water partition coefficient (Wildman–Crippen LogP) is 1.91. The van der Waals surface area contributed by atoms with Crippen molar-refractivity contribution in [1.29, 1.82) is 0 Å². The highest BCUT2D eigenvalue weighted by Crippen LogP contribution is 2.09. The Morgan fingerprint density at radius 2 is 2.05 bits per heavy atom. The highest BCUT2D eigenvalue weighted by Gasteiger charge is 2.03. The maximum atomic E-state index is 5.58. The Balaban J connectivity index is 1.78. The number of ether oxygens (including phenoxy) is 1. The molecule has 5 nitrogen and oxygen atoms in total. The van der Waals surface area contributed by atoms with Gasteiger partial charge in [-0.25, -0.2) is 9.97 Å². The molecule has 0 radical (unpaired) electrons. The van der Waals surface area contributed by atoms with E-state index in [0.29, 0.717) is 12.6 Å². The lowest BCUT2D eigenvalue weighted by Gasteiger charge is -2.07. The largest absolute Gasteiger partial charge is 0.463 e. The summed E-state index contributed by atoms with van der Waals surface area (Å²) in [6, 6.07) is 4.50. The Kier molecular flexibility index (Phi) is 5.43. The highest BCUT2D eigenvalue weighted by molar-refractivity contribution is 5.17. The summed E-state index contributed by atoms with van der Waals surface area (Å²) in [4.78, 5) is 12.6. The Labute approximate surface area is 119 Å². The summed E-state index contributed by atoms with van der Waals surface area (Å²) in [5.41, 5.74) is 3.32. The molecule has 2 aromatic heterocycles. The van der Waals surface area contributed by atoms with E-state index < -0.39 is 0 Å². The first-order valence-electron chi connectivity index (χ1n) is 6.78. The summed E-state index contributed by atoms with van der Waals surface area (Å²) in [6.07, 6.45) is 7.34. The van der Waals surface area contributed by atoms with Gasteiger partial charge in [-0.05, 0) is 44.5 Å². The molecule has 2 aromatic rings. The molecule has 0 spiro atoms. The molecule has 0 fully saturated rings. The number of rotatable bonds is 7. The number of aryl methyl sites for hydroxylation is 2. The number of nitrogens with one attached hydrogen (secondary N) is 1. The van der Waals surface area contributed by atoms with E-state index in [1.54, 1.807) is 0 Å². The summed E-state index contributed by atoms with van der Waals surface area (Å²) < 4.78 is 5.58. The van der Waals surface area contributed by atoms with Crippen molar-refractivity contribution in [2.24, 2.45) is 0 Å². The normalized spacial score (nSPS) is 10.5. The van der Waals surface area contributed by atoms with Crippen LogP contribution in [0.5, 0.6) is 6.01 Å². The van der Waals surface area contributed by atoms with Crippen molar-refractivity contribution in [2.75, 3.05) is 13.7 Å². The number of hydrogen-bond acceptors (Lipinski definition) is 5. The predicted molar refractivity (Wildman–Crippen MR) is 77.6 cm³/mol. The SMILES string of the molecule is CNCc1cnc(OCCCc2ccncc2)nc1C. The van der Waals surface area contributed by atoms with Gasteiger partial charge in [-0.1, -0.05) is 0 Å². The Morgan fingerprint density at radius 3 is 2.75 bits per heavy atom. The third kappa shape index (κ3) is 4.28. The van der Waals surface area contributed by atoms with Crippen LogP contribution in [-0.2, 0) is 13.0 Å². The molecule has 20 heavy (non-hydrogen) atoms. The first-order chi connectivity index (χ1) is 9.79. The van der Waals surface area contributed by atoms with Gasteiger partial charge in [0.05, 0.1) is 6.61 Å². The van der Waals surface area contributed by atoms with Crippen LogP contribution < -0.4 is 10.1 Å². The lowest BCUT2D eigenvalue weighted by molar-refractivity contribution is 0.285. The van der Waals surface area contributed by atoms with Gasteiger partial charge in [-0.2, -0.15) is 0 Å².